The van der Waals surface area contributed by atoms with Crippen LogP contribution in [0.15, 0.2) is 30.5 Å². The predicted molar refractivity (Wildman–Crippen MR) is 65.3 cm³/mol. The fourth-order valence-electron chi connectivity index (χ4n) is 2.29. The highest BCUT2D eigenvalue weighted by molar-refractivity contribution is 5.87. The molecule has 2 heterocycles. The number of hydrogen-bond donors (Lipinski definition) is 0. The Morgan fingerprint density at radius 1 is 1.29 bits per heavy atom. The number of nitrogens with zero attached hydrogens (tertiary/aromatic N) is 1. The molecule has 17 heavy (non-hydrogen) atoms. The van der Waals surface area contributed by atoms with E-state index in [1.54, 1.807) is 6.20 Å². The minimum Gasteiger partial charge on any atom is -0.381 e. The Bertz CT molecular complexity index is 559. The Labute approximate surface area is 99.4 Å². The number of carbonyl (C=O) groups is 1. The number of aldehydes is 1. The number of rotatable bonds is 2. The van der Waals surface area contributed by atoms with E-state index in [2.05, 4.69) is 23.2 Å². The van der Waals surface area contributed by atoms with E-state index in [1.807, 2.05) is 6.07 Å². The lowest BCUT2D eigenvalue weighted by Gasteiger charge is -2.09. The molecular formula is C14H13NO2. The van der Waals surface area contributed by atoms with Crippen molar-refractivity contribution in [3.63, 3.8) is 0 Å². The fourth-order valence-corrected chi connectivity index (χ4v) is 2.29. The molecule has 0 N–H and O–H groups in total. The molecule has 1 aromatic carbocycles. The van der Waals surface area contributed by atoms with Gasteiger partial charge in [-0.3, -0.25) is 9.78 Å². The molecule has 3 heteroatoms. The van der Waals surface area contributed by atoms with E-state index in [4.69, 9.17) is 4.74 Å². The molecule has 0 bridgehead atoms. The largest absolute Gasteiger partial charge is 0.381 e. The number of fused-ring (bicyclic) bond motifs is 1. The summed E-state index contributed by atoms with van der Waals surface area (Å²) in [5, 5.41) is 2.14. The summed E-state index contributed by atoms with van der Waals surface area (Å²) in [7, 11) is 0. The minimum absolute atomic E-state index is 0.481. The van der Waals surface area contributed by atoms with Crippen molar-refractivity contribution >= 4 is 17.1 Å². The van der Waals surface area contributed by atoms with Gasteiger partial charge in [0.2, 0.25) is 0 Å². The van der Waals surface area contributed by atoms with Crippen molar-refractivity contribution in [2.24, 2.45) is 0 Å². The first-order valence-corrected chi connectivity index (χ1v) is 5.79. The second-order valence-electron chi connectivity index (χ2n) is 4.39. The smallest absolute Gasteiger partial charge is 0.168 e. The summed E-state index contributed by atoms with van der Waals surface area (Å²) in [5.41, 5.74) is 1.78. The number of aromatic nitrogens is 1. The summed E-state index contributed by atoms with van der Waals surface area (Å²) in [6.07, 6.45) is 3.63. The van der Waals surface area contributed by atoms with Crippen molar-refractivity contribution in [1.29, 1.82) is 0 Å². The Morgan fingerprint density at radius 2 is 2.24 bits per heavy atom. The lowest BCUT2D eigenvalue weighted by atomic mass is 9.96. The van der Waals surface area contributed by atoms with Gasteiger partial charge < -0.3 is 4.74 Å². The van der Waals surface area contributed by atoms with Crippen molar-refractivity contribution in [3.05, 3.63) is 41.7 Å². The van der Waals surface area contributed by atoms with Crippen molar-refractivity contribution in [2.45, 2.75) is 12.3 Å². The first-order chi connectivity index (χ1) is 8.36. The van der Waals surface area contributed by atoms with Gasteiger partial charge in [-0.05, 0) is 29.5 Å². The average Bonchev–Trinajstić information content (AvgIpc) is 2.91. The van der Waals surface area contributed by atoms with Crippen molar-refractivity contribution in [2.75, 3.05) is 13.2 Å². The summed E-state index contributed by atoms with van der Waals surface area (Å²) < 4.78 is 5.40. The average molecular weight is 227 g/mol. The molecule has 1 atom stereocenters. The van der Waals surface area contributed by atoms with E-state index in [0.29, 0.717) is 11.6 Å². The highest BCUT2D eigenvalue weighted by atomic mass is 16.5. The molecule has 0 unspecified atom stereocenters. The number of carbonyl (C=O) groups excluding carboxylic acids is 1. The van der Waals surface area contributed by atoms with E-state index in [-0.39, 0.29) is 0 Å². The van der Waals surface area contributed by atoms with Crippen LogP contribution in [0.4, 0.5) is 0 Å². The van der Waals surface area contributed by atoms with Gasteiger partial charge in [-0.1, -0.05) is 12.1 Å². The maximum atomic E-state index is 10.6. The van der Waals surface area contributed by atoms with Gasteiger partial charge in [0.25, 0.3) is 0 Å². The normalized spacial score (nSPS) is 19.6. The van der Waals surface area contributed by atoms with Crippen LogP contribution in [-0.2, 0) is 4.74 Å². The zero-order valence-electron chi connectivity index (χ0n) is 9.43. The van der Waals surface area contributed by atoms with E-state index < -0.39 is 0 Å². The first-order valence-electron chi connectivity index (χ1n) is 5.79. The maximum Gasteiger partial charge on any atom is 0.168 e. The highest BCUT2D eigenvalue weighted by Crippen LogP contribution is 2.27. The predicted octanol–water partition coefficient (Wildman–Crippen LogP) is 2.55. The van der Waals surface area contributed by atoms with E-state index >= 15 is 0 Å². The summed E-state index contributed by atoms with van der Waals surface area (Å²) in [6, 6.07) is 8.14. The molecular weight excluding hydrogens is 214 g/mol. The van der Waals surface area contributed by atoms with Gasteiger partial charge >= 0.3 is 0 Å². The topological polar surface area (TPSA) is 39.2 Å². The molecule has 1 aliphatic heterocycles. The molecule has 3 rings (SSSR count). The third kappa shape index (κ3) is 1.94. The van der Waals surface area contributed by atoms with Gasteiger partial charge in [-0.2, -0.15) is 0 Å². The SMILES string of the molecule is O=Cc1cc2ccc([C@@H]3CCOC3)cc2cn1. The molecule has 1 aromatic heterocycles. The lowest BCUT2D eigenvalue weighted by molar-refractivity contribution is 0.111. The molecule has 2 aromatic rings. The van der Waals surface area contributed by atoms with E-state index in [9.17, 15) is 4.79 Å². The molecule has 86 valence electrons. The van der Waals surface area contributed by atoms with E-state index in [0.717, 1.165) is 36.7 Å². The van der Waals surface area contributed by atoms with Gasteiger partial charge in [0, 0.05) is 24.1 Å². The third-order valence-corrected chi connectivity index (χ3v) is 3.29. The number of ether oxygens (including phenoxy) is 1. The van der Waals surface area contributed by atoms with Gasteiger partial charge in [0.1, 0.15) is 5.69 Å². The van der Waals surface area contributed by atoms with Crippen LogP contribution >= 0.6 is 0 Å². The van der Waals surface area contributed by atoms with Crippen LogP contribution in [0.2, 0.25) is 0 Å². The third-order valence-electron chi connectivity index (χ3n) is 3.29. The summed E-state index contributed by atoms with van der Waals surface area (Å²) in [6.45, 7) is 1.66. The standard InChI is InChI=1S/C14H13NO2/c16-8-14-6-11-2-1-10(5-13(11)7-15-14)12-3-4-17-9-12/h1-2,5-8,12H,3-4,9H2/t12-/m1/s1. The zero-order valence-corrected chi connectivity index (χ0v) is 9.43. The summed E-state index contributed by atoms with van der Waals surface area (Å²) in [4.78, 5) is 14.7. The van der Waals surface area contributed by atoms with Gasteiger partial charge in [0.15, 0.2) is 6.29 Å². The molecule has 3 nitrogen and oxygen atoms in total. The van der Waals surface area contributed by atoms with Crippen LogP contribution in [0.1, 0.15) is 28.4 Å². The molecule has 1 saturated heterocycles. The second kappa shape index (κ2) is 4.26. The van der Waals surface area contributed by atoms with Crippen LogP contribution in [0, 0.1) is 0 Å². The number of benzene rings is 1. The second-order valence-corrected chi connectivity index (χ2v) is 4.39. The lowest BCUT2D eigenvalue weighted by Crippen LogP contribution is -1.97. The maximum absolute atomic E-state index is 10.6. The monoisotopic (exact) mass is 227 g/mol. The molecule has 0 radical (unpaired) electrons. The fraction of sp³-hybridized carbons (Fsp3) is 0.286. The van der Waals surface area contributed by atoms with Crippen LogP contribution < -0.4 is 0 Å². The summed E-state index contributed by atoms with van der Waals surface area (Å²) in [5.74, 6) is 0.505. The Morgan fingerprint density at radius 3 is 3.00 bits per heavy atom. The van der Waals surface area contributed by atoms with Gasteiger partial charge in [0.05, 0.1) is 6.61 Å². The Balaban J connectivity index is 2.03. The zero-order chi connectivity index (χ0) is 11.7. The highest BCUT2D eigenvalue weighted by Gasteiger charge is 2.17. The van der Waals surface area contributed by atoms with Crippen LogP contribution in [0.25, 0.3) is 10.8 Å². The van der Waals surface area contributed by atoms with Crippen molar-refractivity contribution in [3.8, 4) is 0 Å². The number of hydrogen-bond acceptors (Lipinski definition) is 3. The quantitative estimate of drug-likeness (QED) is 0.740. The van der Waals surface area contributed by atoms with Crippen LogP contribution in [-0.4, -0.2) is 24.5 Å². The van der Waals surface area contributed by atoms with E-state index in [1.165, 1.54) is 5.56 Å². The minimum atomic E-state index is 0.481. The molecule has 0 amide bonds. The first kappa shape index (κ1) is 10.4. The number of pyridine rings is 1. The van der Waals surface area contributed by atoms with Crippen molar-refractivity contribution < 1.29 is 9.53 Å². The molecule has 1 aliphatic rings. The van der Waals surface area contributed by atoms with Gasteiger partial charge in [-0.25, -0.2) is 0 Å². The van der Waals surface area contributed by atoms with Crippen molar-refractivity contribution in [1.82, 2.24) is 4.98 Å². The Kier molecular flexibility index (Phi) is 2.61. The molecule has 0 saturated carbocycles. The Hall–Kier alpha value is -1.74. The van der Waals surface area contributed by atoms with Crippen LogP contribution in [0.5, 0.6) is 0 Å². The van der Waals surface area contributed by atoms with Gasteiger partial charge in [-0.15, -0.1) is 0 Å². The molecule has 1 fully saturated rings. The summed E-state index contributed by atoms with van der Waals surface area (Å²) >= 11 is 0. The molecule has 0 aliphatic carbocycles. The van der Waals surface area contributed by atoms with Crippen LogP contribution in [0.3, 0.4) is 0 Å². The molecule has 0 spiro atoms.